The number of hydrogen-bond donors (Lipinski definition) is 0. The van der Waals surface area contributed by atoms with Crippen LogP contribution < -0.4 is 0 Å². The Morgan fingerprint density at radius 3 is 3.00 bits per heavy atom. The highest BCUT2D eigenvalue weighted by atomic mass is 14.8. The third-order valence-electron chi connectivity index (χ3n) is 2.26. The molecule has 1 heteroatoms. The van der Waals surface area contributed by atoms with Crippen molar-refractivity contribution in [3.05, 3.63) is 12.2 Å². The summed E-state index contributed by atoms with van der Waals surface area (Å²) >= 11 is 0. The van der Waals surface area contributed by atoms with Gasteiger partial charge in [0.25, 0.3) is 0 Å². The lowest BCUT2D eigenvalue weighted by Gasteiger charge is -2.22. The summed E-state index contributed by atoms with van der Waals surface area (Å²) in [6.07, 6.45) is 8.14. The van der Waals surface area contributed by atoms with Crippen LogP contribution in [-0.4, -0.2) is 12.8 Å². The standard InChI is InChI=1S/C9H15N/c1-3-8-6-4-5-7-9(8)10-2/h5,7-9H,2-4,6H2,1H3. The zero-order valence-electron chi connectivity index (χ0n) is 6.59. The predicted octanol–water partition coefficient (Wildman–Crippen LogP) is 2.43. The lowest BCUT2D eigenvalue weighted by Crippen LogP contribution is -2.17. The third kappa shape index (κ3) is 1.47. The van der Waals surface area contributed by atoms with Gasteiger partial charge in [0.2, 0.25) is 0 Å². The fourth-order valence-electron chi connectivity index (χ4n) is 1.53. The zero-order valence-corrected chi connectivity index (χ0v) is 6.59. The molecule has 56 valence electrons. The Bertz CT molecular complexity index is 138. The van der Waals surface area contributed by atoms with Crippen LogP contribution >= 0.6 is 0 Å². The Balaban J connectivity index is 2.55. The Labute approximate surface area is 62.9 Å². The minimum atomic E-state index is 0.402. The van der Waals surface area contributed by atoms with Gasteiger partial charge in [0.15, 0.2) is 0 Å². The molecule has 1 aliphatic carbocycles. The van der Waals surface area contributed by atoms with Crippen LogP contribution in [0.3, 0.4) is 0 Å². The average molecular weight is 137 g/mol. The molecule has 0 aromatic heterocycles. The van der Waals surface area contributed by atoms with Gasteiger partial charge in [0, 0.05) is 0 Å². The number of hydrogen-bond acceptors (Lipinski definition) is 1. The summed E-state index contributed by atoms with van der Waals surface area (Å²) in [6, 6.07) is 0.402. The van der Waals surface area contributed by atoms with E-state index in [0.29, 0.717) is 6.04 Å². The van der Waals surface area contributed by atoms with Gasteiger partial charge < -0.3 is 0 Å². The van der Waals surface area contributed by atoms with Crippen LogP contribution in [0.15, 0.2) is 17.1 Å². The van der Waals surface area contributed by atoms with Gasteiger partial charge in [0.1, 0.15) is 0 Å². The lowest BCUT2D eigenvalue weighted by molar-refractivity contribution is 0.417. The number of rotatable bonds is 2. The van der Waals surface area contributed by atoms with E-state index in [9.17, 15) is 0 Å². The minimum Gasteiger partial charge on any atom is -0.293 e. The summed E-state index contributed by atoms with van der Waals surface area (Å²) in [7, 11) is 0. The van der Waals surface area contributed by atoms with Crippen molar-refractivity contribution in [2.45, 2.75) is 32.2 Å². The monoisotopic (exact) mass is 137 g/mol. The van der Waals surface area contributed by atoms with Crippen molar-refractivity contribution in [1.82, 2.24) is 0 Å². The maximum atomic E-state index is 4.06. The summed E-state index contributed by atoms with van der Waals surface area (Å²) in [4.78, 5) is 4.06. The number of allylic oxidation sites excluding steroid dienone is 1. The van der Waals surface area contributed by atoms with Gasteiger partial charge in [-0.15, -0.1) is 0 Å². The van der Waals surface area contributed by atoms with E-state index in [4.69, 9.17) is 0 Å². The van der Waals surface area contributed by atoms with Crippen molar-refractivity contribution in [1.29, 1.82) is 0 Å². The van der Waals surface area contributed by atoms with Crippen molar-refractivity contribution in [2.24, 2.45) is 10.9 Å². The smallest absolute Gasteiger partial charge is 0.0700 e. The van der Waals surface area contributed by atoms with E-state index in [-0.39, 0.29) is 0 Å². The van der Waals surface area contributed by atoms with E-state index in [0.717, 1.165) is 5.92 Å². The van der Waals surface area contributed by atoms with Crippen LogP contribution in [0, 0.1) is 5.92 Å². The molecule has 0 aromatic rings. The van der Waals surface area contributed by atoms with E-state index in [1.807, 2.05) is 0 Å². The molecule has 0 amide bonds. The molecular formula is C9H15N. The van der Waals surface area contributed by atoms with Crippen LogP contribution in [0.4, 0.5) is 0 Å². The van der Waals surface area contributed by atoms with Crippen molar-refractivity contribution in [2.75, 3.05) is 0 Å². The van der Waals surface area contributed by atoms with Crippen LogP contribution in [0.5, 0.6) is 0 Å². The first-order valence-electron chi connectivity index (χ1n) is 4.01. The van der Waals surface area contributed by atoms with E-state index in [1.165, 1.54) is 19.3 Å². The molecule has 0 aromatic carbocycles. The molecule has 0 spiro atoms. The van der Waals surface area contributed by atoms with Gasteiger partial charge in [-0.2, -0.15) is 0 Å². The highest BCUT2D eigenvalue weighted by Crippen LogP contribution is 2.23. The molecule has 1 aliphatic rings. The van der Waals surface area contributed by atoms with E-state index in [1.54, 1.807) is 0 Å². The molecule has 2 unspecified atom stereocenters. The molecule has 1 rings (SSSR count). The summed E-state index contributed by atoms with van der Waals surface area (Å²) in [5.41, 5.74) is 0. The van der Waals surface area contributed by atoms with Gasteiger partial charge in [-0.1, -0.05) is 25.5 Å². The predicted molar refractivity (Wildman–Crippen MR) is 45.5 cm³/mol. The molecule has 0 heterocycles. The van der Waals surface area contributed by atoms with Crippen molar-refractivity contribution < 1.29 is 0 Å². The van der Waals surface area contributed by atoms with Crippen LogP contribution in [0.1, 0.15) is 26.2 Å². The third-order valence-corrected chi connectivity index (χ3v) is 2.26. The van der Waals surface area contributed by atoms with Crippen molar-refractivity contribution in [3.8, 4) is 0 Å². The SMILES string of the molecule is C=NC1C=CCCC1CC. The topological polar surface area (TPSA) is 12.4 Å². The molecule has 0 saturated heterocycles. The van der Waals surface area contributed by atoms with Gasteiger partial charge >= 0.3 is 0 Å². The molecule has 0 saturated carbocycles. The second-order valence-electron chi connectivity index (χ2n) is 2.85. The summed E-state index contributed by atoms with van der Waals surface area (Å²) in [6.45, 7) is 5.81. The van der Waals surface area contributed by atoms with Crippen molar-refractivity contribution in [3.63, 3.8) is 0 Å². The van der Waals surface area contributed by atoms with E-state index < -0.39 is 0 Å². The second kappa shape index (κ2) is 3.55. The first kappa shape index (κ1) is 7.52. The molecule has 0 bridgehead atoms. The first-order chi connectivity index (χ1) is 4.88. The molecule has 0 N–H and O–H groups in total. The van der Waals surface area contributed by atoms with Crippen LogP contribution in [0.2, 0.25) is 0 Å². The quantitative estimate of drug-likeness (QED) is 0.409. The fraction of sp³-hybridized carbons (Fsp3) is 0.667. The highest BCUT2D eigenvalue weighted by molar-refractivity contribution is 5.26. The lowest BCUT2D eigenvalue weighted by atomic mass is 9.88. The number of aliphatic imine (C=N–C) groups is 1. The highest BCUT2D eigenvalue weighted by Gasteiger charge is 2.17. The molecule has 2 atom stereocenters. The normalized spacial score (nSPS) is 32.1. The summed E-state index contributed by atoms with van der Waals surface area (Å²) in [5, 5.41) is 0. The summed E-state index contributed by atoms with van der Waals surface area (Å²) in [5.74, 6) is 0.752. The molecule has 10 heavy (non-hydrogen) atoms. The Kier molecular flexibility index (Phi) is 2.67. The Morgan fingerprint density at radius 2 is 2.50 bits per heavy atom. The van der Waals surface area contributed by atoms with Gasteiger partial charge in [-0.05, 0) is 25.5 Å². The zero-order chi connectivity index (χ0) is 7.40. The van der Waals surface area contributed by atoms with E-state index in [2.05, 4.69) is 30.8 Å². The molecule has 1 nitrogen and oxygen atoms in total. The second-order valence-corrected chi connectivity index (χ2v) is 2.85. The first-order valence-corrected chi connectivity index (χ1v) is 4.01. The summed E-state index contributed by atoms with van der Waals surface area (Å²) < 4.78 is 0. The fourth-order valence-corrected chi connectivity index (χ4v) is 1.53. The van der Waals surface area contributed by atoms with Crippen LogP contribution in [-0.2, 0) is 0 Å². The molecule has 0 fully saturated rings. The van der Waals surface area contributed by atoms with Gasteiger partial charge in [0.05, 0.1) is 6.04 Å². The Hall–Kier alpha value is -0.590. The number of nitrogens with zero attached hydrogens (tertiary/aromatic N) is 1. The minimum absolute atomic E-state index is 0.402. The molecular weight excluding hydrogens is 122 g/mol. The van der Waals surface area contributed by atoms with Crippen LogP contribution in [0.25, 0.3) is 0 Å². The maximum absolute atomic E-state index is 4.06. The average Bonchev–Trinajstić information content (AvgIpc) is 2.04. The van der Waals surface area contributed by atoms with Gasteiger partial charge in [-0.3, -0.25) is 4.99 Å². The maximum Gasteiger partial charge on any atom is 0.0700 e. The molecule has 0 aliphatic heterocycles. The molecule has 0 radical (unpaired) electrons. The van der Waals surface area contributed by atoms with Gasteiger partial charge in [-0.25, -0.2) is 0 Å². The van der Waals surface area contributed by atoms with E-state index >= 15 is 0 Å². The largest absolute Gasteiger partial charge is 0.293 e. The van der Waals surface area contributed by atoms with Crippen molar-refractivity contribution >= 4 is 6.72 Å². The Morgan fingerprint density at radius 1 is 1.70 bits per heavy atom.